The summed E-state index contributed by atoms with van der Waals surface area (Å²) in [5.74, 6) is 5.32. The summed E-state index contributed by atoms with van der Waals surface area (Å²) in [4.78, 5) is 18.7. The second-order valence-corrected chi connectivity index (χ2v) is 2.89. The van der Waals surface area contributed by atoms with Crippen LogP contribution in [0.4, 0.5) is 5.95 Å². The zero-order valence-electron chi connectivity index (χ0n) is 8.16. The highest BCUT2D eigenvalue weighted by atomic mass is 16.1. The number of hydrogen-bond acceptors (Lipinski definition) is 6. The first-order valence-corrected chi connectivity index (χ1v) is 4.36. The number of anilines is 1. The van der Waals surface area contributed by atoms with Crippen LogP contribution >= 0.6 is 0 Å². The first-order valence-electron chi connectivity index (χ1n) is 4.36. The molecule has 0 fully saturated rings. The Bertz CT molecular complexity index is 521. The van der Waals surface area contributed by atoms with E-state index in [4.69, 9.17) is 11.6 Å². The SMILES string of the molecule is NNc1nccc(-n2ccc(C(N)=O)n2)n1. The molecule has 0 spiro atoms. The molecule has 0 saturated heterocycles. The Morgan fingerprint density at radius 1 is 1.44 bits per heavy atom. The quantitative estimate of drug-likeness (QED) is 0.451. The maximum atomic E-state index is 10.8. The van der Waals surface area contributed by atoms with Crippen molar-refractivity contribution in [3.05, 3.63) is 30.2 Å². The van der Waals surface area contributed by atoms with Gasteiger partial charge in [-0.15, -0.1) is 0 Å². The van der Waals surface area contributed by atoms with Gasteiger partial charge < -0.3 is 5.73 Å². The molecule has 0 aliphatic rings. The molecule has 5 N–H and O–H groups in total. The summed E-state index contributed by atoms with van der Waals surface area (Å²) in [6, 6.07) is 3.12. The van der Waals surface area contributed by atoms with Crippen LogP contribution in [0.15, 0.2) is 24.5 Å². The van der Waals surface area contributed by atoms with Gasteiger partial charge in [-0.2, -0.15) is 10.1 Å². The number of amides is 1. The van der Waals surface area contributed by atoms with Gasteiger partial charge in [0.05, 0.1) is 0 Å². The van der Waals surface area contributed by atoms with Gasteiger partial charge in [0.2, 0.25) is 5.95 Å². The van der Waals surface area contributed by atoms with E-state index in [0.29, 0.717) is 5.82 Å². The maximum absolute atomic E-state index is 10.8. The van der Waals surface area contributed by atoms with E-state index in [9.17, 15) is 4.79 Å². The lowest BCUT2D eigenvalue weighted by molar-refractivity contribution is 0.0995. The average molecular weight is 219 g/mol. The van der Waals surface area contributed by atoms with Gasteiger partial charge in [-0.25, -0.2) is 15.5 Å². The minimum atomic E-state index is -0.593. The molecule has 0 aliphatic heterocycles. The first kappa shape index (κ1) is 10.1. The van der Waals surface area contributed by atoms with Crippen molar-refractivity contribution in [1.29, 1.82) is 0 Å². The summed E-state index contributed by atoms with van der Waals surface area (Å²) in [5.41, 5.74) is 7.56. The molecule has 2 aromatic heterocycles. The number of rotatable bonds is 3. The smallest absolute Gasteiger partial charge is 0.269 e. The van der Waals surface area contributed by atoms with E-state index >= 15 is 0 Å². The Morgan fingerprint density at radius 2 is 2.25 bits per heavy atom. The highest BCUT2D eigenvalue weighted by Crippen LogP contribution is 2.05. The van der Waals surface area contributed by atoms with Crippen molar-refractivity contribution < 1.29 is 4.79 Å². The molecule has 2 rings (SSSR count). The van der Waals surface area contributed by atoms with Crippen molar-refractivity contribution >= 4 is 11.9 Å². The van der Waals surface area contributed by atoms with Crippen molar-refractivity contribution in [2.75, 3.05) is 5.43 Å². The van der Waals surface area contributed by atoms with E-state index in [2.05, 4.69) is 20.5 Å². The fourth-order valence-corrected chi connectivity index (χ4v) is 1.13. The van der Waals surface area contributed by atoms with E-state index in [1.165, 1.54) is 16.9 Å². The molecule has 16 heavy (non-hydrogen) atoms. The molecule has 1 amide bonds. The minimum absolute atomic E-state index is 0.167. The number of aromatic nitrogens is 4. The van der Waals surface area contributed by atoms with Crippen molar-refractivity contribution in [3.8, 4) is 5.82 Å². The Balaban J connectivity index is 2.38. The van der Waals surface area contributed by atoms with Crippen LogP contribution in [0.5, 0.6) is 0 Å². The average Bonchev–Trinajstić information content (AvgIpc) is 2.78. The third kappa shape index (κ3) is 1.81. The molecule has 2 heterocycles. The third-order valence-corrected chi connectivity index (χ3v) is 1.85. The predicted molar refractivity (Wildman–Crippen MR) is 55.5 cm³/mol. The van der Waals surface area contributed by atoms with Crippen molar-refractivity contribution in [2.24, 2.45) is 11.6 Å². The standard InChI is InChI=1S/C8H9N7O/c9-7(16)5-2-4-15(14-5)6-1-3-11-8(12-6)13-10/h1-4H,10H2,(H2,9,16)(H,11,12,13). The molecule has 0 bridgehead atoms. The van der Waals surface area contributed by atoms with Crippen LogP contribution in [0.2, 0.25) is 0 Å². The zero-order valence-corrected chi connectivity index (χ0v) is 8.16. The summed E-state index contributed by atoms with van der Waals surface area (Å²) in [7, 11) is 0. The monoisotopic (exact) mass is 219 g/mol. The molecule has 0 unspecified atom stereocenters. The van der Waals surface area contributed by atoms with Gasteiger partial charge >= 0.3 is 0 Å². The highest BCUT2D eigenvalue weighted by molar-refractivity contribution is 5.90. The van der Waals surface area contributed by atoms with Gasteiger partial charge in [-0.05, 0) is 6.07 Å². The highest BCUT2D eigenvalue weighted by Gasteiger charge is 2.07. The minimum Gasteiger partial charge on any atom is -0.364 e. The van der Waals surface area contributed by atoms with Crippen LogP contribution in [0, 0.1) is 0 Å². The predicted octanol–water partition coefficient (Wildman–Crippen LogP) is -0.953. The molecule has 0 saturated carbocycles. The molecule has 0 atom stereocenters. The van der Waals surface area contributed by atoms with Crippen LogP contribution in [-0.4, -0.2) is 25.7 Å². The summed E-state index contributed by atoms with van der Waals surface area (Å²) >= 11 is 0. The van der Waals surface area contributed by atoms with Crippen molar-refractivity contribution in [3.63, 3.8) is 0 Å². The molecule has 0 aromatic carbocycles. The first-order chi connectivity index (χ1) is 7.70. The Hall–Kier alpha value is -2.48. The van der Waals surface area contributed by atoms with Gasteiger partial charge in [0.25, 0.3) is 5.91 Å². The lowest BCUT2D eigenvalue weighted by Gasteiger charge is -2.01. The molecule has 0 radical (unpaired) electrons. The largest absolute Gasteiger partial charge is 0.364 e. The molecule has 8 heteroatoms. The Labute approximate surface area is 90.3 Å². The van der Waals surface area contributed by atoms with E-state index in [-0.39, 0.29) is 11.6 Å². The van der Waals surface area contributed by atoms with Gasteiger partial charge in [0.15, 0.2) is 5.82 Å². The Morgan fingerprint density at radius 3 is 2.88 bits per heavy atom. The normalized spacial score (nSPS) is 10.1. The van der Waals surface area contributed by atoms with Crippen LogP contribution in [0.3, 0.4) is 0 Å². The molecule has 2 aromatic rings. The third-order valence-electron chi connectivity index (χ3n) is 1.85. The number of hydrazine groups is 1. The topological polar surface area (TPSA) is 125 Å². The van der Waals surface area contributed by atoms with Crippen LogP contribution in [0.1, 0.15) is 10.5 Å². The van der Waals surface area contributed by atoms with Crippen molar-refractivity contribution in [2.45, 2.75) is 0 Å². The fourth-order valence-electron chi connectivity index (χ4n) is 1.13. The number of nitrogens with zero attached hydrogens (tertiary/aromatic N) is 4. The number of carbonyl (C=O) groups excluding carboxylic acids is 1. The van der Waals surface area contributed by atoms with E-state index in [1.54, 1.807) is 12.3 Å². The lowest BCUT2D eigenvalue weighted by atomic mass is 10.4. The molecule has 82 valence electrons. The molecular formula is C8H9N7O. The number of nitrogens with two attached hydrogens (primary N) is 2. The number of hydrogen-bond donors (Lipinski definition) is 3. The van der Waals surface area contributed by atoms with Crippen molar-refractivity contribution in [1.82, 2.24) is 19.7 Å². The van der Waals surface area contributed by atoms with E-state index in [1.807, 2.05) is 0 Å². The van der Waals surface area contributed by atoms with Gasteiger partial charge in [0, 0.05) is 18.5 Å². The summed E-state index contributed by atoms with van der Waals surface area (Å²) < 4.78 is 1.41. The zero-order chi connectivity index (χ0) is 11.5. The van der Waals surface area contributed by atoms with Gasteiger partial charge in [-0.3, -0.25) is 10.2 Å². The number of nitrogen functional groups attached to an aromatic ring is 1. The van der Waals surface area contributed by atoms with Crippen LogP contribution < -0.4 is 17.0 Å². The summed E-state index contributed by atoms with van der Waals surface area (Å²) in [6.45, 7) is 0. The van der Waals surface area contributed by atoms with Crippen LogP contribution in [-0.2, 0) is 0 Å². The van der Waals surface area contributed by atoms with Gasteiger partial charge in [-0.1, -0.05) is 0 Å². The van der Waals surface area contributed by atoms with E-state index in [0.717, 1.165) is 0 Å². The molecule has 8 nitrogen and oxygen atoms in total. The van der Waals surface area contributed by atoms with Gasteiger partial charge in [0.1, 0.15) is 5.69 Å². The maximum Gasteiger partial charge on any atom is 0.269 e. The number of primary amides is 1. The second-order valence-electron chi connectivity index (χ2n) is 2.89. The summed E-state index contributed by atoms with van der Waals surface area (Å²) in [6.07, 6.45) is 3.09. The number of carbonyl (C=O) groups is 1. The molecular weight excluding hydrogens is 210 g/mol. The lowest BCUT2D eigenvalue weighted by Crippen LogP contribution is -2.13. The fraction of sp³-hybridized carbons (Fsp3) is 0. The Kier molecular flexibility index (Phi) is 2.48. The summed E-state index contributed by atoms with van der Waals surface area (Å²) in [5, 5.41) is 3.94. The second kappa shape index (κ2) is 3.95. The number of nitrogens with one attached hydrogen (secondary N) is 1. The van der Waals surface area contributed by atoms with E-state index < -0.39 is 5.91 Å². The van der Waals surface area contributed by atoms with Crippen LogP contribution in [0.25, 0.3) is 5.82 Å². The molecule has 0 aliphatic carbocycles.